The molecule has 1 amide bonds. The summed E-state index contributed by atoms with van der Waals surface area (Å²) in [7, 11) is 0. The van der Waals surface area contributed by atoms with Crippen molar-refractivity contribution in [1.29, 1.82) is 0 Å². The molecule has 94 valence electrons. The Labute approximate surface area is 102 Å². The zero-order chi connectivity index (χ0) is 12.7. The number of rotatable bonds is 7. The van der Waals surface area contributed by atoms with E-state index in [-0.39, 0.29) is 0 Å². The SMILES string of the molecule is CC(CCc1ccccc1)NCC(N)C(N)=O. The summed E-state index contributed by atoms with van der Waals surface area (Å²) in [5.41, 5.74) is 11.9. The van der Waals surface area contributed by atoms with Gasteiger partial charge in [0.05, 0.1) is 6.04 Å². The van der Waals surface area contributed by atoms with Crippen LogP contribution in [0.3, 0.4) is 0 Å². The molecule has 4 nitrogen and oxygen atoms in total. The number of nitrogens with one attached hydrogen (secondary N) is 1. The topological polar surface area (TPSA) is 81.1 Å². The van der Waals surface area contributed by atoms with Gasteiger partial charge in [0.25, 0.3) is 0 Å². The molecule has 0 fully saturated rings. The molecule has 2 atom stereocenters. The molecule has 0 saturated heterocycles. The van der Waals surface area contributed by atoms with Gasteiger partial charge in [-0.3, -0.25) is 4.79 Å². The Bertz CT molecular complexity index is 340. The Hall–Kier alpha value is -1.39. The summed E-state index contributed by atoms with van der Waals surface area (Å²) in [5, 5.41) is 3.21. The van der Waals surface area contributed by atoms with Crippen LogP contribution in [0.5, 0.6) is 0 Å². The first-order valence-corrected chi connectivity index (χ1v) is 5.92. The van der Waals surface area contributed by atoms with E-state index >= 15 is 0 Å². The van der Waals surface area contributed by atoms with Crippen molar-refractivity contribution >= 4 is 5.91 Å². The van der Waals surface area contributed by atoms with E-state index in [1.54, 1.807) is 0 Å². The molecule has 2 unspecified atom stereocenters. The number of nitrogens with two attached hydrogens (primary N) is 2. The molecule has 1 rings (SSSR count). The minimum Gasteiger partial charge on any atom is -0.368 e. The van der Waals surface area contributed by atoms with Crippen LogP contribution in [-0.4, -0.2) is 24.5 Å². The fourth-order valence-corrected chi connectivity index (χ4v) is 1.56. The Morgan fingerprint density at radius 3 is 2.59 bits per heavy atom. The molecule has 0 aliphatic heterocycles. The van der Waals surface area contributed by atoms with Crippen LogP contribution in [0.15, 0.2) is 30.3 Å². The Morgan fingerprint density at radius 2 is 2.00 bits per heavy atom. The van der Waals surface area contributed by atoms with Crippen molar-refractivity contribution in [2.24, 2.45) is 11.5 Å². The molecule has 0 radical (unpaired) electrons. The summed E-state index contributed by atoms with van der Waals surface area (Å²) in [6.45, 7) is 2.52. The number of hydrogen-bond donors (Lipinski definition) is 3. The standard InChI is InChI=1S/C13H21N3O/c1-10(16-9-12(14)13(15)17)7-8-11-5-3-2-4-6-11/h2-6,10,12,16H,7-9,14H2,1H3,(H2,15,17). The molecule has 0 heterocycles. The average Bonchev–Trinajstić information content (AvgIpc) is 2.34. The van der Waals surface area contributed by atoms with Gasteiger partial charge in [0.1, 0.15) is 0 Å². The van der Waals surface area contributed by atoms with Crippen LogP contribution in [-0.2, 0) is 11.2 Å². The van der Waals surface area contributed by atoms with Gasteiger partial charge >= 0.3 is 0 Å². The van der Waals surface area contributed by atoms with Crippen LogP contribution in [0.1, 0.15) is 18.9 Å². The molecule has 1 aromatic carbocycles. The van der Waals surface area contributed by atoms with E-state index in [2.05, 4.69) is 24.4 Å². The van der Waals surface area contributed by atoms with E-state index < -0.39 is 11.9 Å². The van der Waals surface area contributed by atoms with Gasteiger partial charge in [-0.05, 0) is 25.3 Å². The maximum absolute atomic E-state index is 10.7. The highest BCUT2D eigenvalue weighted by atomic mass is 16.1. The van der Waals surface area contributed by atoms with Crippen LogP contribution in [0.2, 0.25) is 0 Å². The lowest BCUT2D eigenvalue weighted by Crippen LogP contribution is -2.46. The van der Waals surface area contributed by atoms with E-state index in [1.807, 2.05) is 18.2 Å². The number of carbonyl (C=O) groups is 1. The third-order valence-electron chi connectivity index (χ3n) is 2.76. The van der Waals surface area contributed by atoms with Crippen molar-refractivity contribution in [3.8, 4) is 0 Å². The highest BCUT2D eigenvalue weighted by molar-refractivity contribution is 5.79. The van der Waals surface area contributed by atoms with E-state index in [0.717, 1.165) is 12.8 Å². The first-order valence-electron chi connectivity index (χ1n) is 5.92. The van der Waals surface area contributed by atoms with Gasteiger partial charge in [-0.25, -0.2) is 0 Å². The van der Waals surface area contributed by atoms with E-state index in [0.29, 0.717) is 12.6 Å². The van der Waals surface area contributed by atoms with Crippen molar-refractivity contribution in [3.05, 3.63) is 35.9 Å². The van der Waals surface area contributed by atoms with Crippen LogP contribution in [0.25, 0.3) is 0 Å². The van der Waals surface area contributed by atoms with E-state index in [1.165, 1.54) is 5.56 Å². The third-order valence-corrected chi connectivity index (χ3v) is 2.76. The summed E-state index contributed by atoms with van der Waals surface area (Å²) in [4.78, 5) is 10.7. The highest BCUT2D eigenvalue weighted by Crippen LogP contribution is 2.04. The largest absolute Gasteiger partial charge is 0.368 e. The van der Waals surface area contributed by atoms with Crippen molar-refractivity contribution in [2.75, 3.05) is 6.54 Å². The fourth-order valence-electron chi connectivity index (χ4n) is 1.56. The van der Waals surface area contributed by atoms with E-state index in [4.69, 9.17) is 11.5 Å². The molecule has 0 bridgehead atoms. The fraction of sp³-hybridized carbons (Fsp3) is 0.462. The van der Waals surface area contributed by atoms with Crippen molar-refractivity contribution in [1.82, 2.24) is 5.32 Å². The Kier molecular flexibility index (Phi) is 5.66. The molecule has 0 aliphatic carbocycles. The molecular formula is C13H21N3O. The van der Waals surface area contributed by atoms with Crippen molar-refractivity contribution < 1.29 is 4.79 Å². The number of amides is 1. The van der Waals surface area contributed by atoms with Crippen LogP contribution in [0, 0.1) is 0 Å². The summed E-state index contributed by atoms with van der Waals surface area (Å²) >= 11 is 0. The smallest absolute Gasteiger partial charge is 0.235 e. The van der Waals surface area contributed by atoms with Crippen molar-refractivity contribution in [2.45, 2.75) is 31.8 Å². The van der Waals surface area contributed by atoms with Gasteiger partial charge in [-0.15, -0.1) is 0 Å². The lowest BCUT2D eigenvalue weighted by atomic mass is 10.1. The maximum atomic E-state index is 10.7. The Balaban J connectivity index is 2.22. The normalized spacial score (nSPS) is 14.2. The minimum absolute atomic E-state index is 0.320. The van der Waals surface area contributed by atoms with Crippen molar-refractivity contribution in [3.63, 3.8) is 0 Å². The number of primary amides is 1. The second-order valence-corrected chi connectivity index (χ2v) is 4.34. The van der Waals surface area contributed by atoms with Gasteiger partial charge in [0, 0.05) is 12.6 Å². The lowest BCUT2D eigenvalue weighted by molar-refractivity contribution is -0.119. The van der Waals surface area contributed by atoms with Gasteiger partial charge in [0.15, 0.2) is 0 Å². The first-order chi connectivity index (χ1) is 8.09. The number of hydrogen-bond acceptors (Lipinski definition) is 3. The first kappa shape index (κ1) is 13.7. The van der Waals surface area contributed by atoms with Gasteiger partial charge in [-0.1, -0.05) is 30.3 Å². The van der Waals surface area contributed by atoms with Gasteiger partial charge in [0.2, 0.25) is 5.91 Å². The molecular weight excluding hydrogens is 214 g/mol. The molecule has 5 N–H and O–H groups in total. The zero-order valence-corrected chi connectivity index (χ0v) is 10.2. The van der Waals surface area contributed by atoms with Crippen LogP contribution in [0.4, 0.5) is 0 Å². The number of benzene rings is 1. The summed E-state index contributed by atoms with van der Waals surface area (Å²) in [6, 6.07) is 10.0. The summed E-state index contributed by atoms with van der Waals surface area (Å²) in [5.74, 6) is -0.465. The van der Waals surface area contributed by atoms with Gasteiger partial charge in [-0.2, -0.15) is 0 Å². The second kappa shape index (κ2) is 7.04. The second-order valence-electron chi connectivity index (χ2n) is 4.34. The summed E-state index contributed by atoms with van der Waals surface area (Å²) in [6.07, 6.45) is 2.02. The average molecular weight is 235 g/mol. The third kappa shape index (κ3) is 5.47. The molecule has 0 aromatic heterocycles. The summed E-state index contributed by atoms with van der Waals surface area (Å²) < 4.78 is 0. The molecule has 17 heavy (non-hydrogen) atoms. The molecule has 0 saturated carbocycles. The van der Waals surface area contributed by atoms with E-state index in [9.17, 15) is 4.79 Å². The number of aryl methyl sites for hydroxylation is 1. The predicted molar refractivity (Wildman–Crippen MR) is 69.4 cm³/mol. The lowest BCUT2D eigenvalue weighted by Gasteiger charge is -2.15. The molecule has 4 heteroatoms. The van der Waals surface area contributed by atoms with Crippen LogP contribution < -0.4 is 16.8 Å². The quantitative estimate of drug-likeness (QED) is 0.640. The highest BCUT2D eigenvalue weighted by Gasteiger charge is 2.10. The number of carbonyl (C=O) groups excluding carboxylic acids is 1. The zero-order valence-electron chi connectivity index (χ0n) is 10.2. The van der Waals surface area contributed by atoms with Crippen LogP contribution >= 0.6 is 0 Å². The maximum Gasteiger partial charge on any atom is 0.235 e. The molecule has 1 aromatic rings. The van der Waals surface area contributed by atoms with Gasteiger partial charge < -0.3 is 16.8 Å². The molecule has 0 aliphatic rings. The minimum atomic E-state index is -0.603. The molecule has 0 spiro atoms. The Morgan fingerprint density at radius 1 is 1.35 bits per heavy atom. The predicted octanol–water partition coefficient (Wildman–Crippen LogP) is 0.410. The monoisotopic (exact) mass is 235 g/mol.